The average molecular weight is 298 g/mol. The van der Waals surface area contributed by atoms with Gasteiger partial charge in [-0.3, -0.25) is 0 Å². The van der Waals surface area contributed by atoms with Crippen LogP contribution in [0.1, 0.15) is 13.3 Å². The van der Waals surface area contributed by atoms with Crippen molar-refractivity contribution >= 4 is 34.7 Å². The van der Waals surface area contributed by atoms with Gasteiger partial charge in [0.15, 0.2) is 11.9 Å². The summed E-state index contributed by atoms with van der Waals surface area (Å²) in [5.74, 6) is 0.820. The van der Waals surface area contributed by atoms with Crippen LogP contribution in [0.2, 0.25) is 10.0 Å². The molecule has 1 aromatic rings. The maximum Gasteiger partial charge on any atom is 0.249 e. The lowest BCUT2D eigenvalue weighted by Gasteiger charge is -2.28. The lowest BCUT2D eigenvalue weighted by atomic mass is 10.2. The van der Waals surface area contributed by atoms with E-state index in [1.165, 1.54) is 0 Å². The van der Waals surface area contributed by atoms with Crippen LogP contribution < -0.4 is 4.65 Å². The molecule has 3 nitrogen and oxygen atoms in total. The van der Waals surface area contributed by atoms with E-state index in [0.29, 0.717) is 23.1 Å². The minimum atomic E-state index is 0.0680. The van der Waals surface area contributed by atoms with Crippen molar-refractivity contribution in [3.05, 3.63) is 53.3 Å². The van der Waals surface area contributed by atoms with Crippen molar-refractivity contribution in [1.82, 2.24) is 4.65 Å². The third-order valence-electron chi connectivity index (χ3n) is 2.81. The highest BCUT2D eigenvalue weighted by molar-refractivity contribution is 6.36. The number of hydrogen-bond donors (Lipinski definition) is 0. The van der Waals surface area contributed by atoms with Gasteiger partial charge in [-0.25, -0.2) is 0 Å². The number of benzene rings is 1. The van der Waals surface area contributed by atoms with Crippen LogP contribution in [-0.4, -0.2) is 12.4 Å². The molecule has 0 N–H and O–H groups in total. The standard InChI is InChI=1S/C14H15Cl2N2O/c1-3-5-14-17-8-9-18(14,19-4-2)13-7-6-11(15)10-12(13)16/h3,6-10H,1,4-5H2,2H3/q+1. The molecule has 1 aromatic carbocycles. The SMILES string of the molecule is C=CCC1=NC=C[N+]1(OCC)c1ccc(Cl)cc1Cl. The van der Waals surface area contributed by atoms with Crippen molar-refractivity contribution in [1.29, 1.82) is 0 Å². The first-order valence-corrected chi connectivity index (χ1v) is 6.74. The van der Waals surface area contributed by atoms with Gasteiger partial charge >= 0.3 is 0 Å². The first-order chi connectivity index (χ1) is 9.14. The predicted molar refractivity (Wildman–Crippen MR) is 81.3 cm³/mol. The molecule has 2 rings (SSSR count). The highest BCUT2D eigenvalue weighted by Crippen LogP contribution is 2.37. The third-order valence-corrected chi connectivity index (χ3v) is 3.35. The number of hydrogen-bond acceptors (Lipinski definition) is 2. The molecule has 0 amide bonds. The maximum absolute atomic E-state index is 6.31. The summed E-state index contributed by atoms with van der Waals surface area (Å²) in [4.78, 5) is 10.3. The second-order valence-corrected chi connectivity index (χ2v) is 4.85. The van der Waals surface area contributed by atoms with E-state index in [2.05, 4.69) is 11.6 Å². The van der Waals surface area contributed by atoms with Crippen molar-refractivity contribution in [2.24, 2.45) is 4.99 Å². The summed E-state index contributed by atoms with van der Waals surface area (Å²) < 4.78 is 0.0680. The Hall–Kier alpha value is -1.13. The first kappa shape index (κ1) is 14.3. The smallest absolute Gasteiger partial charge is 0.200 e. The van der Waals surface area contributed by atoms with Gasteiger partial charge in [0.2, 0.25) is 5.84 Å². The number of hydroxylamine groups is 2. The number of aliphatic imine (C=N–C) groups is 1. The van der Waals surface area contributed by atoms with Crippen LogP contribution in [0.3, 0.4) is 0 Å². The zero-order chi connectivity index (χ0) is 13.9. The molecular weight excluding hydrogens is 283 g/mol. The van der Waals surface area contributed by atoms with Gasteiger partial charge in [-0.2, -0.15) is 9.83 Å². The van der Waals surface area contributed by atoms with Crippen molar-refractivity contribution in [2.45, 2.75) is 13.3 Å². The second kappa shape index (κ2) is 5.88. The predicted octanol–water partition coefficient (Wildman–Crippen LogP) is 4.71. The van der Waals surface area contributed by atoms with Crippen LogP contribution in [-0.2, 0) is 4.84 Å². The van der Waals surface area contributed by atoms with Crippen molar-refractivity contribution in [3.63, 3.8) is 0 Å². The van der Waals surface area contributed by atoms with Gasteiger partial charge in [-0.05, 0) is 19.1 Å². The van der Waals surface area contributed by atoms with E-state index in [1.807, 2.05) is 19.2 Å². The van der Waals surface area contributed by atoms with E-state index in [-0.39, 0.29) is 4.65 Å². The Morgan fingerprint density at radius 3 is 2.84 bits per heavy atom. The molecular formula is C14H15Cl2N2O+. The summed E-state index contributed by atoms with van der Waals surface area (Å²) in [7, 11) is 0. The number of rotatable bonds is 5. The first-order valence-electron chi connectivity index (χ1n) is 5.98. The fourth-order valence-corrected chi connectivity index (χ4v) is 2.60. The van der Waals surface area contributed by atoms with E-state index in [9.17, 15) is 0 Å². The monoisotopic (exact) mass is 297 g/mol. The van der Waals surface area contributed by atoms with Crippen LogP contribution in [0.15, 0.2) is 48.2 Å². The minimum absolute atomic E-state index is 0.0680. The zero-order valence-electron chi connectivity index (χ0n) is 10.6. The molecule has 0 saturated carbocycles. The van der Waals surface area contributed by atoms with E-state index in [4.69, 9.17) is 28.0 Å². The summed E-state index contributed by atoms with van der Waals surface area (Å²) in [5, 5.41) is 1.14. The van der Waals surface area contributed by atoms with Crippen molar-refractivity contribution < 1.29 is 4.84 Å². The van der Waals surface area contributed by atoms with Gasteiger partial charge in [0.25, 0.3) is 0 Å². The molecule has 0 aromatic heterocycles. The summed E-state index contributed by atoms with van der Waals surface area (Å²) in [6.45, 7) is 6.21. The van der Waals surface area contributed by atoms with Crippen molar-refractivity contribution in [2.75, 3.05) is 6.61 Å². The molecule has 1 unspecified atom stereocenters. The number of quaternary nitrogens is 1. The zero-order valence-corrected chi connectivity index (χ0v) is 12.2. The second-order valence-electron chi connectivity index (χ2n) is 4.01. The largest absolute Gasteiger partial charge is 0.249 e. The van der Waals surface area contributed by atoms with E-state index in [0.717, 1.165) is 11.5 Å². The highest BCUT2D eigenvalue weighted by atomic mass is 35.5. The number of halogens is 2. The van der Waals surface area contributed by atoms with Crippen LogP contribution in [0.4, 0.5) is 5.69 Å². The molecule has 100 valence electrons. The third kappa shape index (κ3) is 2.60. The molecule has 1 atom stereocenters. The van der Waals surface area contributed by atoms with Gasteiger partial charge in [0, 0.05) is 11.1 Å². The van der Waals surface area contributed by atoms with Crippen LogP contribution in [0, 0.1) is 0 Å². The molecule has 0 saturated heterocycles. The average Bonchev–Trinajstić information content (AvgIpc) is 2.74. The molecule has 1 heterocycles. The summed E-state index contributed by atoms with van der Waals surface area (Å²) in [6, 6.07) is 5.35. The maximum atomic E-state index is 6.31. The van der Waals surface area contributed by atoms with Crippen LogP contribution in [0.5, 0.6) is 0 Å². The molecule has 0 bridgehead atoms. The highest BCUT2D eigenvalue weighted by Gasteiger charge is 2.41. The minimum Gasteiger partial charge on any atom is -0.200 e. The topological polar surface area (TPSA) is 21.6 Å². The Balaban J connectivity index is 2.53. The Kier molecular flexibility index (Phi) is 4.42. The molecule has 19 heavy (non-hydrogen) atoms. The van der Waals surface area contributed by atoms with Crippen molar-refractivity contribution in [3.8, 4) is 0 Å². The molecule has 1 aliphatic rings. The van der Waals surface area contributed by atoms with Gasteiger partial charge in [-0.15, -0.1) is 6.58 Å². The van der Waals surface area contributed by atoms with Crippen LogP contribution >= 0.6 is 23.2 Å². The van der Waals surface area contributed by atoms with Gasteiger partial charge < -0.3 is 0 Å². The lowest BCUT2D eigenvalue weighted by molar-refractivity contribution is -0.0457. The lowest BCUT2D eigenvalue weighted by Crippen LogP contribution is -2.47. The van der Waals surface area contributed by atoms with Gasteiger partial charge in [-0.1, -0.05) is 33.9 Å². The number of nitrogens with zero attached hydrogens (tertiary/aromatic N) is 2. The molecule has 1 aliphatic heterocycles. The Morgan fingerprint density at radius 2 is 2.21 bits per heavy atom. The number of amidine groups is 1. The van der Waals surface area contributed by atoms with Gasteiger partial charge in [0.05, 0.1) is 12.6 Å². The molecule has 0 fully saturated rings. The van der Waals surface area contributed by atoms with E-state index < -0.39 is 0 Å². The quantitative estimate of drug-likeness (QED) is 0.570. The molecule has 0 aliphatic carbocycles. The fraction of sp³-hybridized carbons (Fsp3) is 0.214. The van der Waals surface area contributed by atoms with E-state index in [1.54, 1.807) is 24.4 Å². The Labute approximate surface area is 123 Å². The summed E-state index contributed by atoms with van der Waals surface area (Å²) in [5.41, 5.74) is 0.794. The molecule has 5 heteroatoms. The Bertz CT molecular complexity index is 554. The normalized spacial score (nSPS) is 21.5. The fourth-order valence-electron chi connectivity index (χ4n) is 2.06. The summed E-state index contributed by atoms with van der Waals surface area (Å²) in [6.07, 6.45) is 5.99. The molecule has 0 radical (unpaired) electrons. The van der Waals surface area contributed by atoms with Gasteiger partial charge in [0.1, 0.15) is 11.6 Å². The molecule has 0 spiro atoms. The summed E-state index contributed by atoms with van der Waals surface area (Å²) >= 11 is 12.3. The van der Waals surface area contributed by atoms with Crippen LogP contribution in [0.25, 0.3) is 0 Å². The Morgan fingerprint density at radius 1 is 1.42 bits per heavy atom. The van der Waals surface area contributed by atoms with E-state index >= 15 is 0 Å².